The number of carbonyl (C=O) groups excluding carboxylic acids is 2. The third-order valence-electron chi connectivity index (χ3n) is 1.39. The highest BCUT2D eigenvalue weighted by molar-refractivity contribution is 5.95. The largest absolute Gasteiger partial charge is 0.460 e. The van der Waals surface area contributed by atoms with Gasteiger partial charge in [-0.1, -0.05) is 6.08 Å². The van der Waals surface area contributed by atoms with Gasteiger partial charge in [0.15, 0.2) is 0 Å². The Bertz CT molecular complexity index is 223. The predicted octanol–water partition coefficient (Wildman–Crippen LogP) is 2.25. The van der Waals surface area contributed by atoms with Crippen molar-refractivity contribution in [3.8, 4) is 0 Å². The topological polar surface area (TPSA) is 43.4 Å². The molecule has 0 aliphatic rings. The van der Waals surface area contributed by atoms with Gasteiger partial charge in [0.1, 0.15) is 17.8 Å². The van der Waals surface area contributed by atoms with E-state index in [9.17, 15) is 9.59 Å². The lowest BCUT2D eigenvalue weighted by atomic mass is 10.1. The number of hydrogen-bond acceptors (Lipinski definition) is 3. The van der Waals surface area contributed by atoms with Gasteiger partial charge < -0.3 is 4.74 Å². The summed E-state index contributed by atoms with van der Waals surface area (Å²) in [7, 11) is 0. The van der Waals surface area contributed by atoms with Crippen LogP contribution in [0.5, 0.6) is 0 Å². The Labute approximate surface area is 85.1 Å². The molecule has 0 saturated heterocycles. The number of ether oxygens (including phenoxy) is 1. The quantitative estimate of drug-likeness (QED) is 0.386. The lowest BCUT2D eigenvalue weighted by Crippen LogP contribution is -2.25. The number of allylic oxidation sites excluding steroid dienone is 1. The number of rotatable bonds is 5. The minimum absolute atomic E-state index is 0.0980. The summed E-state index contributed by atoms with van der Waals surface area (Å²) >= 11 is 0. The van der Waals surface area contributed by atoms with Crippen molar-refractivity contribution in [3.05, 3.63) is 12.7 Å². The summed E-state index contributed by atoms with van der Waals surface area (Å²) in [6.45, 7) is 8.83. The molecule has 3 heteroatoms. The predicted molar refractivity (Wildman–Crippen MR) is 54.9 cm³/mol. The molecule has 0 amide bonds. The van der Waals surface area contributed by atoms with Crippen LogP contribution in [0, 0.1) is 0 Å². The zero-order valence-electron chi connectivity index (χ0n) is 9.13. The van der Waals surface area contributed by atoms with E-state index in [4.69, 9.17) is 4.74 Å². The van der Waals surface area contributed by atoms with Crippen LogP contribution in [0.25, 0.3) is 0 Å². The maximum atomic E-state index is 11.2. The summed E-state index contributed by atoms with van der Waals surface area (Å²) in [4.78, 5) is 22.3. The van der Waals surface area contributed by atoms with Crippen molar-refractivity contribution in [1.82, 2.24) is 0 Å². The van der Waals surface area contributed by atoms with Crippen LogP contribution < -0.4 is 0 Å². The van der Waals surface area contributed by atoms with Crippen molar-refractivity contribution in [2.24, 2.45) is 0 Å². The Balaban J connectivity index is 3.83. The normalized spacial score (nSPS) is 10.8. The molecule has 0 fully saturated rings. The van der Waals surface area contributed by atoms with Crippen LogP contribution >= 0.6 is 0 Å². The van der Waals surface area contributed by atoms with Crippen LogP contribution in [-0.2, 0) is 14.3 Å². The SMILES string of the molecule is C=CCCC(=O)CC(=O)OC(C)(C)C. The van der Waals surface area contributed by atoms with Gasteiger partial charge in [-0.15, -0.1) is 6.58 Å². The third kappa shape index (κ3) is 7.53. The second-order valence-electron chi connectivity index (χ2n) is 4.13. The van der Waals surface area contributed by atoms with Crippen LogP contribution in [0.4, 0.5) is 0 Å². The smallest absolute Gasteiger partial charge is 0.313 e. The Morgan fingerprint density at radius 3 is 2.36 bits per heavy atom. The first-order valence-corrected chi connectivity index (χ1v) is 4.69. The van der Waals surface area contributed by atoms with Gasteiger partial charge in [0, 0.05) is 6.42 Å². The molecule has 0 aromatic carbocycles. The van der Waals surface area contributed by atoms with Crippen LogP contribution in [0.15, 0.2) is 12.7 Å². The molecule has 0 saturated carbocycles. The minimum atomic E-state index is -0.518. The Morgan fingerprint density at radius 1 is 1.36 bits per heavy atom. The molecular weight excluding hydrogens is 180 g/mol. The fourth-order valence-corrected chi connectivity index (χ4v) is 0.890. The van der Waals surface area contributed by atoms with Crippen molar-refractivity contribution in [1.29, 1.82) is 0 Å². The molecular formula is C11H18O3. The Hall–Kier alpha value is -1.12. The molecule has 0 aromatic rings. The fraction of sp³-hybridized carbons (Fsp3) is 0.636. The summed E-state index contributed by atoms with van der Waals surface area (Å²) in [5.74, 6) is -0.550. The van der Waals surface area contributed by atoms with E-state index in [0.29, 0.717) is 12.8 Å². The molecule has 0 unspecified atom stereocenters. The van der Waals surface area contributed by atoms with Crippen LogP contribution in [0.1, 0.15) is 40.0 Å². The van der Waals surface area contributed by atoms with E-state index in [1.807, 2.05) is 0 Å². The third-order valence-corrected chi connectivity index (χ3v) is 1.39. The second kappa shape index (κ2) is 5.58. The summed E-state index contributed by atoms with van der Waals surface area (Å²) in [5, 5.41) is 0. The monoisotopic (exact) mass is 198 g/mol. The standard InChI is InChI=1S/C11H18O3/c1-5-6-7-9(12)8-10(13)14-11(2,3)4/h5H,1,6-8H2,2-4H3. The van der Waals surface area contributed by atoms with Crippen molar-refractivity contribution >= 4 is 11.8 Å². The van der Waals surface area contributed by atoms with Crippen LogP contribution in [0.3, 0.4) is 0 Å². The van der Waals surface area contributed by atoms with E-state index < -0.39 is 11.6 Å². The average molecular weight is 198 g/mol. The average Bonchev–Trinajstić information content (AvgIpc) is 1.96. The molecule has 0 spiro atoms. The van der Waals surface area contributed by atoms with Gasteiger partial charge in [-0.05, 0) is 27.2 Å². The molecule has 0 radical (unpaired) electrons. The van der Waals surface area contributed by atoms with E-state index in [-0.39, 0.29) is 12.2 Å². The molecule has 0 N–H and O–H groups in total. The first kappa shape index (κ1) is 12.9. The van der Waals surface area contributed by atoms with Gasteiger partial charge in [-0.2, -0.15) is 0 Å². The highest BCUT2D eigenvalue weighted by Gasteiger charge is 2.18. The van der Waals surface area contributed by atoms with Crippen LogP contribution in [0.2, 0.25) is 0 Å². The van der Waals surface area contributed by atoms with Crippen molar-refractivity contribution in [3.63, 3.8) is 0 Å². The highest BCUT2D eigenvalue weighted by atomic mass is 16.6. The van der Waals surface area contributed by atoms with Gasteiger partial charge in [-0.25, -0.2) is 0 Å². The molecule has 14 heavy (non-hydrogen) atoms. The molecule has 0 bridgehead atoms. The maximum absolute atomic E-state index is 11.2. The molecule has 0 heterocycles. The van der Waals surface area contributed by atoms with Gasteiger partial charge in [0.05, 0.1) is 0 Å². The summed E-state index contributed by atoms with van der Waals surface area (Å²) < 4.78 is 5.00. The number of ketones is 1. The zero-order valence-corrected chi connectivity index (χ0v) is 9.13. The highest BCUT2D eigenvalue weighted by Crippen LogP contribution is 2.09. The Kier molecular flexibility index (Phi) is 5.13. The number of Topliss-reactive ketones (excluding diaryl/α,β-unsaturated/α-hetero) is 1. The molecule has 3 nitrogen and oxygen atoms in total. The molecule has 0 aliphatic carbocycles. The van der Waals surface area contributed by atoms with Gasteiger partial charge >= 0.3 is 5.97 Å². The second-order valence-corrected chi connectivity index (χ2v) is 4.13. The molecule has 0 aliphatic heterocycles. The van der Waals surface area contributed by atoms with E-state index in [0.717, 1.165) is 0 Å². The lowest BCUT2D eigenvalue weighted by Gasteiger charge is -2.19. The number of hydrogen-bond donors (Lipinski definition) is 0. The van der Waals surface area contributed by atoms with Crippen LogP contribution in [-0.4, -0.2) is 17.4 Å². The Morgan fingerprint density at radius 2 is 1.93 bits per heavy atom. The van der Waals surface area contributed by atoms with E-state index in [2.05, 4.69) is 6.58 Å². The van der Waals surface area contributed by atoms with Crippen molar-refractivity contribution < 1.29 is 14.3 Å². The first-order chi connectivity index (χ1) is 6.35. The summed E-state index contributed by atoms with van der Waals surface area (Å²) in [6, 6.07) is 0. The number of esters is 1. The maximum Gasteiger partial charge on any atom is 0.313 e. The van der Waals surface area contributed by atoms with Gasteiger partial charge in [0.25, 0.3) is 0 Å². The summed E-state index contributed by atoms with van der Waals surface area (Å²) in [6.07, 6.45) is 2.50. The number of carbonyl (C=O) groups is 2. The fourth-order valence-electron chi connectivity index (χ4n) is 0.890. The van der Waals surface area contributed by atoms with Gasteiger partial charge in [-0.3, -0.25) is 9.59 Å². The van der Waals surface area contributed by atoms with E-state index in [1.165, 1.54) is 0 Å². The van der Waals surface area contributed by atoms with E-state index in [1.54, 1.807) is 26.8 Å². The zero-order chi connectivity index (χ0) is 11.2. The minimum Gasteiger partial charge on any atom is -0.460 e. The first-order valence-electron chi connectivity index (χ1n) is 4.69. The molecule has 0 atom stereocenters. The molecule has 0 aromatic heterocycles. The van der Waals surface area contributed by atoms with Crippen molar-refractivity contribution in [2.45, 2.75) is 45.6 Å². The van der Waals surface area contributed by atoms with Gasteiger partial charge in [0.2, 0.25) is 0 Å². The summed E-state index contributed by atoms with van der Waals surface area (Å²) in [5.41, 5.74) is -0.518. The van der Waals surface area contributed by atoms with Crippen molar-refractivity contribution in [2.75, 3.05) is 0 Å². The molecule has 0 rings (SSSR count). The lowest BCUT2D eigenvalue weighted by molar-refractivity contribution is -0.156. The molecule has 80 valence electrons. The van der Waals surface area contributed by atoms with E-state index >= 15 is 0 Å².